The van der Waals surface area contributed by atoms with Crippen molar-refractivity contribution in [2.45, 2.75) is 0 Å². The molecule has 2 rings (SSSR count). The monoisotopic (exact) mass is 438 g/mol. The molecule has 5 heteroatoms. The second kappa shape index (κ2) is 10.9. The van der Waals surface area contributed by atoms with E-state index >= 15 is 0 Å². The molecule has 2 N–H and O–H groups in total. The fraction of sp³-hybridized carbons (Fsp3) is 0.0556. The Kier molecular flexibility index (Phi) is 9.21. The molecular formula is C18H16Br2O3. The minimum atomic E-state index is -0.932. The number of halogens is 2. The third kappa shape index (κ3) is 9.13. The van der Waals surface area contributed by atoms with Crippen molar-refractivity contribution >= 4 is 50.0 Å². The largest absolute Gasteiger partial charge is 0.478 e. The van der Waals surface area contributed by atoms with E-state index in [1.807, 2.05) is 54.6 Å². The van der Waals surface area contributed by atoms with Gasteiger partial charge in [-0.05, 0) is 41.5 Å². The summed E-state index contributed by atoms with van der Waals surface area (Å²) >= 11 is 6.63. The highest BCUT2D eigenvalue weighted by molar-refractivity contribution is 9.10. The predicted molar refractivity (Wildman–Crippen MR) is 101 cm³/mol. The van der Waals surface area contributed by atoms with E-state index in [-0.39, 0.29) is 6.61 Å². The smallest absolute Gasteiger partial charge is 0.328 e. The Labute approximate surface area is 152 Å². The Bertz CT molecular complexity index is 660. The van der Waals surface area contributed by atoms with Gasteiger partial charge in [-0.2, -0.15) is 0 Å². The van der Waals surface area contributed by atoms with Crippen LogP contribution in [0.5, 0.6) is 0 Å². The second-order valence-corrected chi connectivity index (χ2v) is 6.19. The van der Waals surface area contributed by atoms with Crippen LogP contribution >= 0.6 is 31.9 Å². The predicted octanol–water partition coefficient (Wildman–Crippen LogP) is 5.00. The van der Waals surface area contributed by atoms with Gasteiger partial charge >= 0.3 is 5.97 Å². The van der Waals surface area contributed by atoms with Crippen LogP contribution in [0.25, 0.3) is 12.2 Å². The minimum Gasteiger partial charge on any atom is -0.478 e. The molecule has 0 aliphatic heterocycles. The highest BCUT2D eigenvalue weighted by atomic mass is 79.9. The maximum Gasteiger partial charge on any atom is 0.328 e. The maximum atomic E-state index is 10.1. The number of hydrogen-bond donors (Lipinski definition) is 2. The first-order valence-electron chi connectivity index (χ1n) is 6.71. The molecule has 120 valence electrons. The van der Waals surface area contributed by atoms with Crippen LogP contribution < -0.4 is 0 Å². The van der Waals surface area contributed by atoms with E-state index in [0.29, 0.717) is 0 Å². The topological polar surface area (TPSA) is 57.5 Å². The van der Waals surface area contributed by atoms with Gasteiger partial charge in [0.05, 0.1) is 6.61 Å². The molecule has 2 aromatic carbocycles. The molecule has 0 heterocycles. The van der Waals surface area contributed by atoms with Crippen LogP contribution in [0.4, 0.5) is 0 Å². The molecule has 0 aromatic heterocycles. The summed E-state index contributed by atoms with van der Waals surface area (Å²) < 4.78 is 2.05. The SMILES string of the molecule is O=C(O)C=Cc1ccc(Br)cc1.OC/C=C/c1ccc(Br)cc1. The number of aliphatic carboxylic acids is 1. The molecule has 0 unspecified atom stereocenters. The molecular weight excluding hydrogens is 424 g/mol. The van der Waals surface area contributed by atoms with Crippen LogP contribution in [0.1, 0.15) is 11.1 Å². The number of rotatable bonds is 4. The summed E-state index contributed by atoms with van der Waals surface area (Å²) in [5, 5.41) is 16.8. The van der Waals surface area contributed by atoms with Gasteiger partial charge in [-0.25, -0.2) is 4.79 Å². The van der Waals surface area contributed by atoms with Gasteiger partial charge < -0.3 is 10.2 Å². The van der Waals surface area contributed by atoms with Crippen LogP contribution in [-0.4, -0.2) is 22.8 Å². The van der Waals surface area contributed by atoms with Crippen molar-refractivity contribution < 1.29 is 15.0 Å². The number of hydrogen-bond acceptors (Lipinski definition) is 2. The number of benzene rings is 2. The Morgan fingerprint density at radius 3 is 1.70 bits per heavy atom. The van der Waals surface area contributed by atoms with Crippen molar-refractivity contribution in [2.75, 3.05) is 6.61 Å². The Morgan fingerprint density at radius 1 is 0.870 bits per heavy atom. The molecule has 2 aromatic rings. The van der Waals surface area contributed by atoms with Crippen LogP contribution in [0, 0.1) is 0 Å². The molecule has 23 heavy (non-hydrogen) atoms. The van der Waals surface area contributed by atoms with Crippen molar-refractivity contribution in [2.24, 2.45) is 0 Å². The first kappa shape index (κ1) is 19.4. The van der Waals surface area contributed by atoms with E-state index in [1.165, 1.54) is 0 Å². The van der Waals surface area contributed by atoms with Crippen molar-refractivity contribution in [1.29, 1.82) is 0 Å². The quantitative estimate of drug-likeness (QED) is 0.659. The maximum absolute atomic E-state index is 10.1. The molecule has 0 radical (unpaired) electrons. The summed E-state index contributed by atoms with van der Waals surface area (Å²) in [7, 11) is 0. The second-order valence-electron chi connectivity index (χ2n) is 4.36. The zero-order chi connectivity index (χ0) is 17.1. The van der Waals surface area contributed by atoms with E-state index in [4.69, 9.17) is 10.2 Å². The van der Waals surface area contributed by atoms with Gasteiger partial charge in [0.25, 0.3) is 0 Å². The van der Waals surface area contributed by atoms with Gasteiger partial charge in [-0.1, -0.05) is 68.3 Å². The third-order valence-corrected chi connectivity index (χ3v) is 3.63. The molecule has 0 saturated carbocycles. The summed E-state index contributed by atoms with van der Waals surface area (Å²) in [6.45, 7) is 0.0933. The first-order chi connectivity index (χ1) is 11.0. The van der Waals surface area contributed by atoms with Gasteiger partial charge in [0.1, 0.15) is 0 Å². The molecule has 0 aliphatic carbocycles. The summed E-state index contributed by atoms with van der Waals surface area (Å²) in [4.78, 5) is 10.1. The first-order valence-corrected chi connectivity index (χ1v) is 8.29. The van der Waals surface area contributed by atoms with E-state index in [1.54, 1.807) is 12.2 Å². The molecule has 0 amide bonds. The molecule has 0 bridgehead atoms. The molecule has 0 saturated heterocycles. The normalized spacial score (nSPS) is 10.6. The van der Waals surface area contributed by atoms with Crippen LogP contribution in [-0.2, 0) is 4.79 Å². The lowest BCUT2D eigenvalue weighted by Gasteiger charge is -1.91. The number of carbonyl (C=O) groups is 1. The lowest BCUT2D eigenvalue weighted by atomic mass is 10.2. The Hall–Kier alpha value is -1.69. The van der Waals surface area contributed by atoms with E-state index < -0.39 is 5.97 Å². The summed E-state index contributed by atoms with van der Waals surface area (Å²) in [6.07, 6.45) is 6.26. The van der Waals surface area contributed by atoms with Crippen LogP contribution in [0.15, 0.2) is 69.6 Å². The number of carboxylic acids is 1. The standard InChI is InChI=1S/C9H7BrO2.C9H9BrO/c10-8-4-1-7(2-5-8)3-6-9(11)12;10-9-5-3-8(4-6-9)2-1-7-11/h1-6H,(H,11,12);1-6,11H,7H2/b;2-1+. The molecule has 0 fully saturated rings. The molecule has 3 nitrogen and oxygen atoms in total. The zero-order valence-corrected chi connectivity index (χ0v) is 15.4. The van der Waals surface area contributed by atoms with E-state index in [2.05, 4.69) is 31.9 Å². The molecule has 0 atom stereocenters. The number of aliphatic hydroxyl groups is 1. The summed E-state index contributed by atoms with van der Waals surface area (Å²) in [6, 6.07) is 15.3. The van der Waals surface area contributed by atoms with Gasteiger partial charge in [0.15, 0.2) is 0 Å². The highest BCUT2D eigenvalue weighted by Gasteiger charge is 1.89. The average molecular weight is 440 g/mol. The summed E-state index contributed by atoms with van der Waals surface area (Å²) in [5.74, 6) is -0.932. The molecule has 0 spiro atoms. The zero-order valence-electron chi connectivity index (χ0n) is 12.2. The molecule has 0 aliphatic rings. The third-order valence-electron chi connectivity index (χ3n) is 2.57. The average Bonchev–Trinajstić information content (AvgIpc) is 2.54. The Morgan fingerprint density at radius 2 is 1.30 bits per heavy atom. The van der Waals surface area contributed by atoms with Gasteiger partial charge in [-0.3, -0.25) is 0 Å². The Balaban J connectivity index is 0.000000231. The highest BCUT2D eigenvalue weighted by Crippen LogP contribution is 2.12. The van der Waals surface area contributed by atoms with Crippen molar-refractivity contribution in [3.63, 3.8) is 0 Å². The van der Waals surface area contributed by atoms with Crippen molar-refractivity contribution in [1.82, 2.24) is 0 Å². The van der Waals surface area contributed by atoms with Crippen molar-refractivity contribution in [3.8, 4) is 0 Å². The van der Waals surface area contributed by atoms with E-state index in [9.17, 15) is 4.79 Å². The van der Waals surface area contributed by atoms with Gasteiger partial charge in [-0.15, -0.1) is 0 Å². The van der Waals surface area contributed by atoms with Crippen LogP contribution in [0.3, 0.4) is 0 Å². The fourth-order valence-corrected chi connectivity index (χ4v) is 2.03. The number of aliphatic hydroxyl groups excluding tert-OH is 1. The van der Waals surface area contributed by atoms with E-state index in [0.717, 1.165) is 26.1 Å². The minimum absolute atomic E-state index is 0.0933. The number of carboxylic acid groups (broad SMARTS) is 1. The fourth-order valence-electron chi connectivity index (χ4n) is 1.50. The lowest BCUT2D eigenvalue weighted by Crippen LogP contribution is -1.85. The lowest BCUT2D eigenvalue weighted by molar-refractivity contribution is -0.131. The van der Waals surface area contributed by atoms with Gasteiger partial charge in [0, 0.05) is 15.0 Å². The van der Waals surface area contributed by atoms with Crippen molar-refractivity contribution in [3.05, 3.63) is 80.8 Å². The van der Waals surface area contributed by atoms with Gasteiger partial charge in [0.2, 0.25) is 0 Å². The van der Waals surface area contributed by atoms with Crippen LogP contribution in [0.2, 0.25) is 0 Å². The summed E-state index contributed by atoms with van der Waals surface area (Å²) in [5.41, 5.74) is 1.97.